The number of hydrogen-bond donors (Lipinski definition) is 2. The van der Waals surface area contributed by atoms with Crippen LogP contribution in [0.5, 0.6) is 0 Å². The fraction of sp³-hybridized carbons (Fsp3) is 0.300. The summed E-state index contributed by atoms with van der Waals surface area (Å²) in [5.41, 5.74) is 5.55. The number of ketones is 1. The van der Waals surface area contributed by atoms with Gasteiger partial charge in [-0.15, -0.1) is 0 Å². The van der Waals surface area contributed by atoms with Crippen molar-refractivity contribution in [3.05, 3.63) is 76.1 Å². The minimum Gasteiger partial charge on any atom is -0.466 e. The van der Waals surface area contributed by atoms with Crippen LogP contribution in [0.4, 0.5) is 11.4 Å². The number of benzene rings is 2. The lowest BCUT2D eigenvalue weighted by Gasteiger charge is -2.20. The van der Waals surface area contributed by atoms with Crippen LogP contribution in [-0.2, 0) is 43.6 Å². The van der Waals surface area contributed by atoms with Gasteiger partial charge in [0.1, 0.15) is 0 Å². The molecule has 0 atom stereocenters. The predicted octanol–water partition coefficient (Wildman–Crippen LogP) is 4.27. The average Bonchev–Trinajstić information content (AvgIpc) is 3.61. The minimum absolute atomic E-state index is 0.0107. The average molecular weight is 560 g/mol. The Morgan fingerprint density at radius 2 is 1.93 bits per heavy atom. The van der Waals surface area contributed by atoms with Crippen LogP contribution in [0, 0.1) is 0 Å². The van der Waals surface area contributed by atoms with E-state index in [2.05, 4.69) is 10.3 Å². The van der Waals surface area contributed by atoms with E-state index in [0.717, 1.165) is 17.7 Å². The Labute approximate surface area is 232 Å². The number of ether oxygens (including phenoxy) is 1. The number of rotatable bonds is 7. The van der Waals surface area contributed by atoms with Crippen molar-refractivity contribution in [3.8, 4) is 0 Å². The number of esters is 1. The molecule has 40 heavy (non-hydrogen) atoms. The molecular weight excluding hydrogens is 530 g/mol. The Bertz CT molecular complexity index is 1700. The third-order valence-electron chi connectivity index (χ3n) is 7.70. The van der Waals surface area contributed by atoms with Crippen LogP contribution in [0.1, 0.15) is 64.6 Å². The molecule has 1 amide bonds. The number of fused-ring (bicyclic) bond motifs is 3. The number of sulfonamides is 1. The highest BCUT2D eigenvalue weighted by Gasteiger charge is 2.34. The monoisotopic (exact) mass is 559 g/mol. The van der Waals surface area contributed by atoms with E-state index in [1.165, 1.54) is 16.4 Å². The van der Waals surface area contributed by atoms with Gasteiger partial charge in [0, 0.05) is 47.6 Å². The molecule has 3 aromatic rings. The zero-order chi connectivity index (χ0) is 28.0. The molecule has 2 aliphatic heterocycles. The van der Waals surface area contributed by atoms with E-state index in [1.807, 2.05) is 18.2 Å². The van der Waals surface area contributed by atoms with E-state index < -0.39 is 10.0 Å². The van der Waals surface area contributed by atoms with Gasteiger partial charge in [-0.25, -0.2) is 8.42 Å². The summed E-state index contributed by atoms with van der Waals surface area (Å²) in [7, 11) is -3.87. The molecular formula is C30H29N3O6S. The van der Waals surface area contributed by atoms with Gasteiger partial charge >= 0.3 is 5.97 Å². The van der Waals surface area contributed by atoms with E-state index in [0.29, 0.717) is 59.6 Å². The highest BCUT2D eigenvalue weighted by atomic mass is 32.2. The molecule has 3 aliphatic rings. The lowest BCUT2D eigenvalue weighted by molar-refractivity contribution is -0.143. The van der Waals surface area contributed by atoms with Crippen LogP contribution in [0.2, 0.25) is 0 Å². The molecule has 206 valence electrons. The highest BCUT2D eigenvalue weighted by Crippen LogP contribution is 2.39. The van der Waals surface area contributed by atoms with Crippen LogP contribution < -0.4 is 9.62 Å². The molecule has 0 radical (unpaired) electrons. The standard InChI is InChI=1S/C30H29N3O6S/c1-2-39-28(35)13-11-20-25(31-24-7-5-9-27(34)29(20)24)17-22-21-16-19(10-12-23(21)32-30(22)36)40(37,38)33-15-14-18-6-3-4-8-26(18)33/h3-4,6,8,10,12,16-17,31H,2,5,7,9,11,13-15H2,1H3,(H,32,36)/b22-17-. The molecule has 0 saturated carbocycles. The first-order valence-electron chi connectivity index (χ1n) is 13.5. The van der Waals surface area contributed by atoms with Crippen molar-refractivity contribution in [1.29, 1.82) is 0 Å². The van der Waals surface area contributed by atoms with Gasteiger partial charge < -0.3 is 15.0 Å². The number of carbonyl (C=O) groups excluding carboxylic acids is 3. The largest absolute Gasteiger partial charge is 0.466 e. The van der Waals surface area contributed by atoms with Crippen molar-refractivity contribution >= 4 is 50.7 Å². The van der Waals surface area contributed by atoms with Crippen LogP contribution in [0.25, 0.3) is 11.6 Å². The van der Waals surface area contributed by atoms with Gasteiger partial charge in [0.05, 0.1) is 22.8 Å². The minimum atomic E-state index is -3.87. The molecule has 1 aliphatic carbocycles. The molecule has 0 saturated heterocycles. The molecule has 0 bridgehead atoms. The summed E-state index contributed by atoms with van der Waals surface area (Å²) in [5, 5.41) is 2.82. The third-order valence-corrected chi connectivity index (χ3v) is 9.51. The third kappa shape index (κ3) is 4.42. The second-order valence-electron chi connectivity index (χ2n) is 10.1. The summed E-state index contributed by atoms with van der Waals surface area (Å²) in [6.45, 7) is 2.36. The number of para-hydroxylation sites is 1. The normalized spacial score (nSPS) is 17.0. The zero-order valence-corrected chi connectivity index (χ0v) is 22.9. The van der Waals surface area contributed by atoms with Gasteiger partial charge in [-0.1, -0.05) is 18.2 Å². The van der Waals surface area contributed by atoms with E-state index in [4.69, 9.17) is 4.74 Å². The second kappa shape index (κ2) is 10.1. The van der Waals surface area contributed by atoms with Crippen LogP contribution in [-0.4, -0.2) is 44.2 Å². The second-order valence-corrected chi connectivity index (χ2v) is 12.0. The summed E-state index contributed by atoms with van der Waals surface area (Å²) in [6.07, 6.45) is 4.53. The molecule has 0 unspecified atom stereocenters. The maximum Gasteiger partial charge on any atom is 0.306 e. The lowest BCUT2D eigenvalue weighted by Crippen LogP contribution is -2.29. The summed E-state index contributed by atoms with van der Waals surface area (Å²) in [5.74, 6) is -0.718. The number of Topliss-reactive ketones (excluding diaryl/α,β-unsaturated/α-hetero) is 1. The summed E-state index contributed by atoms with van der Waals surface area (Å²) >= 11 is 0. The molecule has 0 fully saturated rings. The molecule has 0 spiro atoms. The predicted molar refractivity (Wildman–Crippen MR) is 151 cm³/mol. The van der Waals surface area contributed by atoms with Crippen LogP contribution in [0.3, 0.4) is 0 Å². The van der Waals surface area contributed by atoms with Gasteiger partial charge in [0.15, 0.2) is 5.78 Å². The number of H-pyrrole nitrogens is 1. The fourth-order valence-corrected chi connectivity index (χ4v) is 7.37. The smallest absolute Gasteiger partial charge is 0.306 e. The van der Waals surface area contributed by atoms with Crippen molar-refractivity contribution in [3.63, 3.8) is 0 Å². The van der Waals surface area contributed by atoms with E-state index >= 15 is 0 Å². The van der Waals surface area contributed by atoms with Gasteiger partial charge in [-0.05, 0) is 74.1 Å². The number of nitrogens with zero attached hydrogens (tertiary/aromatic N) is 1. The van der Waals surface area contributed by atoms with E-state index in [9.17, 15) is 22.8 Å². The Hall–Kier alpha value is -4.18. The molecule has 6 rings (SSSR count). The number of anilines is 2. The number of aryl methyl sites for hydroxylation is 1. The number of aromatic nitrogens is 1. The van der Waals surface area contributed by atoms with E-state index in [-0.39, 0.29) is 47.6 Å². The Morgan fingerprint density at radius 3 is 2.75 bits per heavy atom. The number of hydrogen-bond acceptors (Lipinski definition) is 6. The molecule has 1 aromatic heterocycles. The maximum absolute atomic E-state index is 13.7. The summed E-state index contributed by atoms with van der Waals surface area (Å²) < 4.78 is 33.9. The van der Waals surface area contributed by atoms with Crippen LogP contribution >= 0.6 is 0 Å². The van der Waals surface area contributed by atoms with Crippen molar-refractivity contribution in [2.24, 2.45) is 0 Å². The topological polar surface area (TPSA) is 126 Å². The number of amides is 1. The van der Waals surface area contributed by atoms with Crippen molar-refractivity contribution in [1.82, 2.24) is 4.98 Å². The molecule has 9 nitrogen and oxygen atoms in total. The van der Waals surface area contributed by atoms with Crippen molar-refractivity contribution in [2.45, 2.75) is 50.3 Å². The first-order chi connectivity index (χ1) is 19.3. The molecule has 2 N–H and O–H groups in total. The quantitative estimate of drug-likeness (QED) is 0.329. The van der Waals surface area contributed by atoms with E-state index in [1.54, 1.807) is 25.1 Å². The van der Waals surface area contributed by atoms with Crippen LogP contribution in [0.15, 0.2) is 47.4 Å². The number of aromatic amines is 1. The first kappa shape index (κ1) is 26.1. The molecule has 3 heterocycles. The van der Waals surface area contributed by atoms with Gasteiger partial charge in [-0.2, -0.15) is 0 Å². The lowest BCUT2D eigenvalue weighted by atomic mass is 9.91. The van der Waals surface area contributed by atoms with Gasteiger partial charge in [0.2, 0.25) is 0 Å². The number of carbonyl (C=O) groups is 3. The summed E-state index contributed by atoms with van der Waals surface area (Å²) in [6, 6.07) is 12.1. The highest BCUT2D eigenvalue weighted by molar-refractivity contribution is 7.92. The molecule has 2 aromatic carbocycles. The Kier molecular flexibility index (Phi) is 6.58. The zero-order valence-electron chi connectivity index (χ0n) is 22.1. The van der Waals surface area contributed by atoms with Crippen molar-refractivity contribution in [2.75, 3.05) is 22.8 Å². The Morgan fingerprint density at radius 1 is 1.10 bits per heavy atom. The SMILES string of the molecule is CCOC(=O)CCc1c(/C=C2\C(=O)Nc3ccc(S(=O)(=O)N4CCc5ccccc54)cc32)[nH]c2c1C(=O)CCC2. The molecule has 10 heteroatoms. The fourth-order valence-electron chi connectivity index (χ4n) is 5.84. The van der Waals surface area contributed by atoms with Gasteiger partial charge in [0.25, 0.3) is 15.9 Å². The van der Waals surface area contributed by atoms with Crippen molar-refractivity contribution < 1.29 is 27.5 Å². The maximum atomic E-state index is 13.7. The van der Waals surface area contributed by atoms with Gasteiger partial charge in [-0.3, -0.25) is 18.7 Å². The number of nitrogens with one attached hydrogen (secondary N) is 2. The summed E-state index contributed by atoms with van der Waals surface area (Å²) in [4.78, 5) is 41.5. The Balaban J connectivity index is 1.40. The first-order valence-corrected chi connectivity index (χ1v) is 14.9.